The summed E-state index contributed by atoms with van der Waals surface area (Å²) in [5.74, 6) is 0. The molecule has 0 fully saturated rings. The van der Waals surface area contributed by atoms with E-state index in [0.29, 0.717) is 5.41 Å². The van der Waals surface area contributed by atoms with Crippen molar-refractivity contribution in [2.75, 3.05) is 33.9 Å². The van der Waals surface area contributed by atoms with Crippen LogP contribution in [0, 0.1) is 5.41 Å². The van der Waals surface area contributed by atoms with Gasteiger partial charge >= 0.3 is 0 Å². The summed E-state index contributed by atoms with van der Waals surface area (Å²) in [5.41, 5.74) is 0.299. The molecule has 0 atom stereocenters. The first-order valence-corrected chi connectivity index (χ1v) is 6.08. The Hall–Kier alpha value is -0.120. The normalized spacial score (nSPS) is 13.1. The van der Waals surface area contributed by atoms with Gasteiger partial charge in [0, 0.05) is 27.3 Å². The van der Waals surface area contributed by atoms with Crippen LogP contribution >= 0.6 is 0 Å². The second-order valence-corrected chi connectivity index (χ2v) is 5.80. The minimum Gasteiger partial charge on any atom is -0.383 e. The molecule has 0 saturated carbocycles. The van der Waals surface area contributed by atoms with Gasteiger partial charge in [0.05, 0.1) is 12.2 Å². The molecule has 0 saturated heterocycles. The van der Waals surface area contributed by atoms with E-state index in [2.05, 4.69) is 33.0 Å². The lowest BCUT2D eigenvalue weighted by molar-refractivity contribution is 0.00583. The highest BCUT2D eigenvalue weighted by molar-refractivity contribution is 4.77. The molecule has 1 N–H and O–H groups in total. The predicted octanol–water partition coefficient (Wildman–Crippen LogP) is 2.45. The standard InChI is InChI=1S/C13H29NO2/c1-12(2,11-14-9-10-15-5)7-8-13(3,4)16-6/h14H,7-11H2,1-6H3. The fourth-order valence-electron chi connectivity index (χ4n) is 1.43. The zero-order chi connectivity index (χ0) is 12.7. The topological polar surface area (TPSA) is 30.5 Å². The van der Waals surface area contributed by atoms with Gasteiger partial charge in [-0.2, -0.15) is 0 Å². The summed E-state index contributed by atoms with van der Waals surface area (Å²) in [4.78, 5) is 0. The van der Waals surface area contributed by atoms with Crippen molar-refractivity contribution in [2.24, 2.45) is 5.41 Å². The molecule has 0 aliphatic carbocycles. The highest BCUT2D eigenvalue weighted by Crippen LogP contribution is 2.26. The highest BCUT2D eigenvalue weighted by Gasteiger charge is 2.23. The van der Waals surface area contributed by atoms with E-state index in [9.17, 15) is 0 Å². The lowest BCUT2D eigenvalue weighted by Crippen LogP contribution is -2.34. The monoisotopic (exact) mass is 231 g/mol. The van der Waals surface area contributed by atoms with Crippen molar-refractivity contribution in [1.82, 2.24) is 5.32 Å². The predicted molar refractivity (Wildman–Crippen MR) is 68.8 cm³/mol. The molecule has 0 heterocycles. The molecule has 0 aromatic heterocycles. The van der Waals surface area contributed by atoms with Crippen LogP contribution in [0.4, 0.5) is 0 Å². The Balaban J connectivity index is 3.77. The average Bonchev–Trinajstić information content (AvgIpc) is 2.22. The maximum Gasteiger partial charge on any atom is 0.0623 e. The van der Waals surface area contributed by atoms with Gasteiger partial charge in [-0.1, -0.05) is 13.8 Å². The lowest BCUT2D eigenvalue weighted by Gasteiger charge is -2.30. The summed E-state index contributed by atoms with van der Waals surface area (Å²) < 4.78 is 10.4. The van der Waals surface area contributed by atoms with Crippen molar-refractivity contribution in [3.63, 3.8) is 0 Å². The maximum absolute atomic E-state index is 5.44. The molecule has 0 bridgehead atoms. The molecular weight excluding hydrogens is 202 g/mol. The second kappa shape index (κ2) is 7.25. The summed E-state index contributed by atoms with van der Waals surface area (Å²) in [6, 6.07) is 0. The quantitative estimate of drug-likeness (QED) is 0.618. The Kier molecular flexibility index (Phi) is 7.20. The molecule has 0 radical (unpaired) electrons. The number of hydrogen-bond donors (Lipinski definition) is 1. The molecule has 3 nitrogen and oxygen atoms in total. The first-order chi connectivity index (χ1) is 7.33. The summed E-state index contributed by atoms with van der Waals surface area (Å²) in [5, 5.41) is 3.42. The zero-order valence-corrected chi connectivity index (χ0v) is 11.9. The van der Waals surface area contributed by atoms with E-state index in [1.807, 2.05) is 0 Å². The molecule has 98 valence electrons. The third-order valence-corrected chi connectivity index (χ3v) is 3.04. The Bertz CT molecular complexity index is 179. The minimum absolute atomic E-state index is 0.0101. The molecule has 3 heteroatoms. The van der Waals surface area contributed by atoms with Crippen LogP contribution in [0.1, 0.15) is 40.5 Å². The van der Waals surface area contributed by atoms with Gasteiger partial charge in [-0.05, 0) is 32.1 Å². The van der Waals surface area contributed by atoms with E-state index in [-0.39, 0.29) is 5.60 Å². The van der Waals surface area contributed by atoms with Gasteiger partial charge in [-0.3, -0.25) is 0 Å². The van der Waals surface area contributed by atoms with Gasteiger partial charge in [0.15, 0.2) is 0 Å². The third kappa shape index (κ3) is 8.08. The Labute approximate surface area is 101 Å². The Morgan fingerprint density at radius 2 is 1.62 bits per heavy atom. The molecule has 0 aliphatic rings. The van der Waals surface area contributed by atoms with E-state index in [4.69, 9.17) is 9.47 Å². The van der Waals surface area contributed by atoms with E-state index in [1.54, 1.807) is 14.2 Å². The lowest BCUT2D eigenvalue weighted by atomic mass is 9.84. The van der Waals surface area contributed by atoms with Crippen molar-refractivity contribution in [2.45, 2.75) is 46.1 Å². The molecule has 0 rings (SSSR count). The van der Waals surface area contributed by atoms with Crippen LogP contribution in [0.2, 0.25) is 0 Å². The molecule has 0 amide bonds. The zero-order valence-electron chi connectivity index (χ0n) is 11.9. The summed E-state index contributed by atoms with van der Waals surface area (Å²) in [6.07, 6.45) is 2.25. The van der Waals surface area contributed by atoms with Crippen LogP contribution < -0.4 is 5.32 Å². The Morgan fingerprint density at radius 1 is 1.00 bits per heavy atom. The van der Waals surface area contributed by atoms with Crippen LogP contribution in [0.15, 0.2) is 0 Å². The number of ether oxygens (including phenoxy) is 2. The smallest absolute Gasteiger partial charge is 0.0623 e. The largest absolute Gasteiger partial charge is 0.383 e. The van der Waals surface area contributed by atoms with Crippen molar-refractivity contribution < 1.29 is 9.47 Å². The maximum atomic E-state index is 5.44. The molecular formula is C13H29NO2. The van der Waals surface area contributed by atoms with Gasteiger partial charge in [-0.25, -0.2) is 0 Å². The summed E-state index contributed by atoms with van der Waals surface area (Å²) in [7, 11) is 3.51. The fraction of sp³-hybridized carbons (Fsp3) is 1.00. The molecule has 16 heavy (non-hydrogen) atoms. The molecule has 0 aromatic rings. The number of rotatable bonds is 9. The average molecular weight is 231 g/mol. The van der Waals surface area contributed by atoms with Crippen molar-refractivity contribution in [3.05, 3.63) is 0 Å². The SMILES string of the molecule is COCCNCC(C)(C)CCC(C)(C)OC. The van der Waals surface area contributed by atoms with Crippen LogP contribution in [0.3, 0.4) is 0 Å². The molecule has 0 spiro atoms. The fourth-order valence-corrected chi connectivity index (χ4v) is 1.43. The molecule has 0 aromatic carbocycles. The second-order valence-electron chi connectivity index (χ2n) is 5.80. The van der Waals surface area contributed by atoms with Gasteiger partial charge in [-0.15, -0.1) is 0 Å². The number of hydrogen-bond acceptors (Lipinski definition) is 3. The highest BCUT2D eigenvalue weighted by atomic mass is 16.5. The van der Waals surface area contributed by atoms with Crippen LogP contribution in [0.25, 0.3) is 0 Å². The van der Waals surface area contributed by atoms with Gasteiger partial charge in [0.1, 0.15) is 0 Å². The first-order valence-electron chi connectivity index (χ1n) is 6.08. The Morgan fingerprint density at radius 3 is 2.12 bits per heavy atom. The van der Waals surface area contributed by atoms with Gasteiger partial charge < -0.3 is 14.8 Å². The van der Waals surface area contributed by atoms with Crippen molar-refractivity contribution >= 4 is 0 Å². The van der Waals surface area contributed by atoms with Gasteiger partial charge in [0.2, 0.25) is 0 Å². The van der Waals surface area contributed by atoms with Crippen molar-refractivity contribution in [3.8, 4) is 0 Å². The van der Waals surface area contributed by atoms with E-state index in [0.717, 1.165) is 32.5 Å². The number of nitrogens with one attached hydrogen (secondary N) is 1. The van der Waals surface area contributed by atoms with E-state index >= 15 is 0 Å². The first kappa shape index (κ1) is 15.9. The number of methoxy groups -OCH3 is 2. The van der Waals surface area contributed by atoms with Crippen molar-refractivity contribution in [1.29, 1.82) is 0 Å². The van der Waals surface area contributed by atoms with E-state index < -0.39 is 0 Å². The summed E-state index contributed by atoms with van der Waals surface area (Å²) in [6.45, 7) is 11.6. The molecule has 0 unspecified atom stereocenters. The van der Waals surface area contributed by atoms with Gasteiger partial charge in [0.25, 0.3) is 0 Å². The van der Waals surface area contributed by atoms with Crippen LogP contribution in [0.5, 0.6) is 0 Å². The minimum atomic E-state index is -0.0101. The van der Waals surface area contributed by atoms with Crippen LogP contribution in [-0.4, -0.2) is 39.5 Å². The molecule has 0 aliphatic heterocycles. The summed E-state index contributed by atoms with van der Waals surface area (Å²) >= 11 is 0. The van der Waals surface area contributed by atoms with Crippen LogP contribution in [-0.2, 0) is 9.47 Å². The van der Waals surface area contributed by atoms with E-state index in [1.165, 1.54) is 0 Å². The third-order valence-electron chi connectivity index (χ3n) is 3.04.